The molecule has 0 aliphatic rings. The molecule has 11 heteroatoms. The van der Waals surface area contributed by atoms with E-state index in [2.05, 4.69) is 5.32 Å². The van der Waals surface area contributed by atoms with Gasteiger partial charge in [0.15, 0.2) is 0 Å². The van der Waals surface area contributed by atoms with Crippen LogP contribution in [0.4, 0.5) is 4.79 Å². The number of ether oxygens (including phenoxy) is 4. The normalized spacial score (nSPS) is 13.8. The van der Waals surface area contributed by atoms with Gasteiger partial charge >= 0.3 is 30.0 Å². The highest BCUT2D eigenvalue weighted by molar-refractivity contribution is 5.84. The van der Waals surface area contributed by atoms with Gasteiger partial charge in [-0.1, -0.05) is 0 Å². The van der Waals surface area contributed by atoms with Gasteiger partial charge in [-0.15, -0.1) is 0 Å². The van der Waals surface area contributed by atoms with Crippen molar-refractivity contribution in [2.75, 3.05) is 0 Å². The zero-order valence-electron chi connectivity index (χ0n) is 21.6. The molecule has 0 aromatic heterocycles. The number of carboxylic acid groups (broad SMARTS) is 1. The minimum Gasteiger partial charge on any atom is -0.481 e. The smallest absolute Gasteiger partial charge is 0.408 e. The average molecular weight is 490 g/mol. The van der Waals surface area contributed by atoms with Crippen molar-refractivity contribution in [3.63, 3.8) is 0 Å². The predicted molar refractivity (Wildman–Crippen MR) is 121 cm³/mol. The Balaban J connectivity index is 5.43. The average Bonchev–Trinajstić information content (AvgIpc) is 2.57. The topological polar surface area (TPSA) is 155 Å². The van der Waals surface area contributed by atoms with Crippen LogP contribution < -0.4 is 5.32 Å². The molecule has 0 radical (unpaired) electrons. The van der Waals surface area contributed by atoms with Crippen LogP contribution >= 0.6 is 0 Å². The van der Waals surface area contributed by atoms with Gasteiger partial charge in [0, 0.05) is 19.3 Å². The number of rotatable bonds is 10. The van der Waals surface area contributed by atoms with Crippen LogP contribution in [0.1, 0.15) is 88.0 Å². The van der Waals surface area contributed by atoms with E-state index in [0.717, 1.165) is 0 Å². The summed E-state index contributed by atoms with van der Waals surface area (Å²) in [5.41, 5.74) is -2.50. The molecular formula is C23H39NO10. The van der Waals surface area contributed by atoms with Gasteiger partial charge in [0.25, 0.3) is 0 Å². The Kier molecular flexibility index (Phi) is 11.5. The van der Waals surface area contributed by atoms with Crippen molar-refractivity contribution in [2.24, 2.45) is 0 Å². The Hall–Kier alpha value is -2.85. The second-order valence-electron chi connectivity index (χ2n) is 10.7. The van der Waals surface area contributed by atoms with Crippen LogP contribution in [0.2, 0.25) is 0 Å². The summed E-state index contributed by atoms with van der Waals surface area (Å²) < 4.78 is 20.9. The minimum atomic E-state index is -1.47. The molecule has 196 valence electrons. The maximum atomic E-state index is 12.6. The number of nitrogens with one attached hydrogen (secondary N) is 1. The number of hydrogen-bond acceptors (Lipinski definition) is 9. The van der Waals surface area contributed by atoms with Crippen molar-refractivity contribution in [1.82, 2.24) is 5.32 Å². The van der Waals surface area contributed by atoms with Crippen LogP contribution in [-0.2, 0) is 38.1 Å². The first-order valence-electron chi connectivity index (χ1n) is 11.0. The van der Waals surface area contributed by atoms with Gasteiger partial charge in [0.2, 0.25) is 6.10 Å². The van der Waals surface area contributed by atoms with E-state index in [1.165, 1.54) is 0 Å². The summed E-state index contributed by atoms with van der Waals surface area (Å²) in [6, 6.07) is -1.33. The highest BCUT2D eigenvalue weighted by Gasteiger charge is 2.33. The standard InChI is InChI=1S/C23H39NO10/c1-21(2,3)32-17(27)13-11-15(19(29)34-23(7,8)9)31-20(30)24-14(10-12-16(25)26)18(28)33-22(4,5)6/h14-15H,10-13H2,1-9H3,(H,24,30)(H,25,26). The number of amides is 1. The highest BCUT2D eigenvalue weighted by Crippen LogP contribution is 2.16. The molecular weight excluding hydrogens is 450 g/mol. The third-order valence-corrected chi connectivity index (χ3v) is 3.58. The second-order valence-corrected chi connectivity index (χ2v) is 10.7. The molecule has 0 aliphatic carbocycles. The number of alkyl carbamates (subject to hydrolysis) is 1. The van der Waals surface area contributed by atoms with E-state index in [4.69, 9.17) is 24.1 Å². The first-order valence-corrected chi connectivity index (χ1v) is 11.0. The lowest BCUT2D eigenvalue weighted by Gasteiger charge is -2.26. The molecule has 2 N–H and O–H groups in total. The van der Waals surface area contributed by atoms with E-state index in [1.54, 1.807) is 62.3 Å². The molecule has 0 fully saturated rings. The molecule has 0 bridgehead atoms. The van der Waals surface area contributed by atoms with Crippen molar-refractivity contribution in [3.8, 4) is 0 Å². The SMILES string of the molecule is CC(C)(C)OC(=O)CCC(OC(=O)NC(CCC(=O)O)C(=O)OC(C)(C)C)C(=O)OC(C)(C)C. The van der Waals surface area contributed by atoms with E-state index in [1.807, 2.05) is 0 Å². The van der Waals surface area contributed by atoms with Crippen LogP contribution in [-0.4, -0.2) is 64.0 Å². The minimum absolute atomic E-state index is 0.219. The fraction of sp³-hybridized carbons (Fsp3) is 0.783. The molecule has 0 spiro atoms. The van der Waals surface area contributed by atoms with Gasteiger partial charge in [-0.3, -0.25) is 9.59 Å². The fourth-order valence-corrected chi connectivity index (χ4v) is 2.43. The molecule has 0 saturated heterocycles. The van der Waals surface area contributed by atoms with E-state index in [-0.39, 0.29) is 19.3 Å². The molecule has 0 aromatic rings. The first kappa shape index (κ1) is 31.1. The summed E-state index contributed by atoms with van der Waals surface area (Å²) in [7, 11) is 0. The Morgan fingerprint density at radius 3 is 1.62 bits per heavy atom. The lowest BCUT2D eigenvalue weighted by Crippen LogP contribution is -2.46. The van der Waals surface area contributed by atoms with Crippen molar-refractivity contribution >= 4 is 30.0 Å². The van der Waals surface area contributed by atoms with Crippen molar-refractivity contribution in [3.05, 3.63) is 0 Å². The van der Waals surface area contributed by atoms with Crippen LogP contribution in [0.25, 0.3) is 0 Å². The monoisotopic (exact) mass is 489 g/mol. The number of aliphatic carboxylic acids is 1. The van der Waals surface area contributed by atoms with Gasteiger partial charge in [-0.05, 0) is 68.7 Å². The number of esters is 3. The van der Waals surface area contributed by atoms with Gasteiger partial charge in [-0.25, -0.2) is 14.4 Å². The third kappa shape index (κ3) is 15.9. The van der Waals surface area contributed by atoms with Crippen LogP contribution in [0, 0.1) is 0 Å². The van der Waals surface area contributed by atoms with Crippen LogP contribution in [0.5, 0.6) is 0 Å². The lowest BCUT2D eigenvalue weighted by atomic mass is 10.1. The number of carbonyl (C=O) groups excluding carboxylic acids is 4. The maximum absolute atomic E-state index is 12.6. The molecule has 2 atom stereocenters. The summed E-state index contributed by atoms with van der Waals surface area (Å²) in [5, 5.41) is 11.2. The Bertz CT molecular complexity index is 740. The Labute approximate surface area is 200 Å². The van der Waals surface area contributed by atoms with Gasteiger partial charge in [-0.2, -0.15) is 0 Å². The van der Waals surface area contributed by atoms with Crippen molar-refractivity contribution in [1.29, 1.82) is 0 Å². The van der Waals surface area contributed by atoms with E-state index < -0.39 is 65.3 Å². The van der Waals surface area contributed by atoms with Gasteiger partial charge in [0.1, 0.15) is 22.8 Å². The molecule has 1 amide bonds. The van der Waals surface area contributed by atoms with Crippen LogP contribution in [0.15, 0.2) is 0 Å². The Morgan fingerprint density at radius 1 is 0.706 bits per heavy atom. The Morgan fingerprint density at radius 2 is 1.18 bits per heavy atom. The molecule has 0 aromatic carbocycles. The maximum Gasteiger partial charge on any atom is 0.408 e. The summed E-state index contributed by atoms with van der Waals surface area (Å²) in [6.45, 7) is 14.8. The molecule has 11 nitrogen and oxygen atoms in total. The molecule has 0 aliphatic heterocycles. The summed E-state index contributed by atoms with van der Waals surface area (Å²) in [4.78, 5) is 60.5. The molecule has 0 heterocycles. The highest BCUT2D eigenvalue weighted by atomic mass is 16.6. The quantitative estimate of drug-likeness (QED) is 0.345. The molecule has 0 rings (SSSR count). The molecule has 2 unspecified atom stereocenters. The third-order valence-electron chi connectivity index (χ3n) is 3.58. The fourth-order valence-electron chi connectivity index (χ4n) is 2.43. The zero-order valence-corrected chi connectivity index (χ0v) is 21.6. The predicted octanol–water partition coefficient (Wildman–Crippen LogP) is 3.12. The summed E-state index contributed by atoms with van der Waals surface area (Å²) >= 11 is 0. The van der Waals surface area contributed by atoms with E-state index in [9.17, 15) is 24.0 Å². The van der Waals surface area contributed by atoms with E-state index in [0.29, 0.717) is 0 Å². The van der Waals surface area contributed by atoms with Crippen LogP contribution in [0.3, 0.4) is 0 Å². The first-order chi connectivity index (χ1) is 15.2. The van der Waals surface area contributed by atoms with Gasteiger partial charge in [0.05, 0.1) is 0 Å². The van der Waals surface area contributed by atoms with Gasteiger partial charge < -0.3 is 29.4 Å². The summed E-state index contributed by atoms with van der Waals surface area (Å²) in [5.74, 6) is -3.51. The number of hydrogen-bond donors (Lipinski definition) is 2. The van der Waals surface area contributed by atoms with E-state index >= 15 is 0 Å². The molecule has 34 heavy (non-hydrogen) atoms. The van der Waals surface area contributed by atoms with Crippen molar-refractivity contribution < 1.29 is 48.0 Å². The second kappa shape index (κ2) is 12.6. The lowest BCUT2D eigenvalue weighted by molar-refractivity contribution is -0.166. The van der Waals surface area contributed by atoms with Crippen molar-refractivity contribution in [2.45, 2.75) is 117 Å². The zero-order chi connectivity index (χ0) is 26.9. The number of carbonyl (C=O) groups is 5. The molecule has 0 saturated carbocycles. The largest absolute Gasteiger partial charge is 0.481 e. The summed E-state index contributed by atoms with van der Waals surface area (Å²) in [6.07, 6.45) is -3.76. The number of carboxylic acids is 1.